The van der Waals surface area contributed by atoms with Crippen LogP contribution in [0, 0.1) is 0 Å². The molecule has 1 aliphatic rings. The molecule has 3 heteroatoms. The van der Waals surface area contributed by atoms with Gasteiger partial charge < -0.3 is 10.4 Å². The summed E-state index contributed by atoms with van der Waals surface area (Å²) in [4.78, 5) is 2.38. The Bertz CT molecular complexity index is 573. The molecule has 1 heterocycles. The first-order valence-corrected chi connectivity index (χ1v) is 8.50. The van der Waals surface area contributed by atoms with E-state index >= 15 is 0 Å². The third kappa shape index (κ3) is 4.64. The summed E-state index contributed by atoms with van der Waals surface area (Å²) in [6.45, 7) is 3.94. The topological polar surface area (TPSA) is 35.5 Å². The Balaban J connectivity index is 1.64. The summed E-state index contributed by atoms with van der Waals surface area (Å²) in [5, 5.41) is 13.0. The summed E-state index contributed by atoms with van der Waals surface area (Å²) in [7, 11) is 0. The molecule has 0 bridgehead atoms. The van der Waals surface area contributed by atoms with E-state index in [1.165, 1.54) is 11.1 Å². The molecule has 23 heavy (non-hydrogen) atoms. The fourth-order valence-corrected chi connectivity index (χ4v) is 3.49. The number of benzene rings is 2. The minimum absolute atomic E-state index is 0.229. The monoisotopic (exact) mass is 310 g/mol. The zero-order valence-electron chi connectivity index (χ0n) is 13.6. The first-order valence-electron chi connectivity index (χ1n) is 8.50. The average molecular weight is 310 g/mol. The molecule has 0 aromatic heterocycles. The van der Waals surface area contributed by atoms with E-state index in [1.807, 2.05) is 0 Å². The highest BCUT2D eigenvalue weighted by molar-refractivity contribution is 5.21. The van der Waals surface area contributed by atoms with Gasteiger partial charge in [0.2, 0.25) is 0 Å². The predicted molar refractivity (Wildman–Crippen MR) is 94.4 cm³/mol. The van der Waals surface area contributed by atoms with E-state index in [-0.39, 0.29) is 6.61 Å². The minimum atomic E-state index is 0.229. The Morgan fingerprint density at radius 3 is 2.35 bits per heavy atom. The lowest BCUT2D eigenvalue weighted by atomic mass is 9.88. The van der Waals surface area contributed by atoms with Crippen molar-refractivity contribution in [2.24, 2.45) is 0 Å². The quantitative estimate of drug-likeness (QED) is 0.861. The number of nitrogens with one attached hydrogen (secondary N) is 1. The van der Waals surface area contributed by atoms with Crippen molar-refractivity contribution in [1.82, 2.24) is 10.2 Å². The maximum atomic E-state index is 9.31. The van der Waals surface area contributed by atoms with E-state index in [4.69, 9.17) is 0 Å². The van der Waals surface area contributed by atoms with Crippen molar-refractivity contribution in [1.29, 1.82) is 0 Å². The molecule has 3 nitrogen and oxygen atoms in total. The van der Waals surface area contributed by atoms with Crippen LogP contribution in [0.3, 0.4) is 0 Å². The standard InChI is InChI=1S/C20H26N2O/c23-12-11-22-15-19(18-9-5-2-6-10-18)13-20(16-22)21-14-17-7-3-1-4-8-17/h1-10,19-21,23H,11-16H2. The fraction of sp³-hybridized carbons (Fsp3) is 0.400. The van der Waals surface area contributed by atoms with Crippen molar-refractivity contribution in [2.45, 2.75) is 24.9 Å². The lowest BCUT2D eigenvalue weighted by Gasteiger charge is -2.38. The van der Waals surface area contributed by atoms with Crippen LogP contribution in [-0.2, 0) is 6.54 Å². The highest BCUT2D eigenvalue weighted by Crippen LogP contribution is 2.27. The molecule has 2 atom stereocenters. The van der Waals surface area contributed by atoms with Gasteiger partial charge in [0, 0.05) is 32.2 Å². The van der Waals surface area contributed by atoms with Gasteiger partial charge in [-0.2, -0.15) is 0 Å². The molecule has 1 aliphatic heterocycles. The van der Waals surface area contributed by atoms with E-state index in [0.29, 0.717) is 12.0 Å². The zero-order chi connectivity index (χ0) is 15.9. The number of likely N-dealkylation sites (tertiary alicyclic amines) is 1. The Morgan fingerprint density at radius 1 is 0.957 bits per heavy atom. The van der Waals surface area contributed by atoms with Crippen LogP contribution in [-0.4, -0.2) is 42.3 Å². The van der Waals surface area contributed by atoms with Gasteiger partial charge in [0.15, 0.2) is 0 Å². The van der Waals surface area contributed by atoms with Crippen molar-refractivity contribution < 1.29 is 5.11 Å². The van der Waals surface area contributed by atoms with Gasteiger partial charge in [0.25, 0.3) is 0 Å². The maximum absolute atomic E-state index is 9.31. The number of aliphatic hydroxyl groups is 1. The first-order chi connectivity index (χ1) is 11.3. The Hall–Kier alpha value is -1.68. The van der Waals surface area contributed by atoms with Gasteiger partial charge >= 0.3 is 0 Å². The van der Waals surface area contributed by atoms with Crippen molar-refractivity contribution >= 4 is 0 Å². The second kappa shape index (κ2) is 8.25. The third-order valence-electron chi connectivity index (χ3n) is 4.65. The van der Waals surface area contributed by atoms with Crippen LogP contribution in [0.2, 0.25) is 0 Å². The number of rotatable bonds is 6. The highest BCUT2D eigenvalue weighted by atomic mass is 16.3. The molecule has 0 amide bonds. The van der Waals surface area contributed by atoms with E-state index in [0.717, 1.165) is 32.6 Å². The van der Waals surface area contributed by atoms with Crippen LogP contribution in [0.1, 0.15) is 23.5 Å². The van der Waals surface area contributed by atoms with Crippen molar-refractivity contribution in [3.8, 4) is 0 Å². The zero-order valence-corrected chi connectivity index (χ0v) is 13.6. The molecule has 1 fully saturated rings. The van der Waals surface area contributed by atoms with Gasteiger partial charge in [-0.15, -0.1) is 0 Å². The summed E-state index contributed by atoms with van der Waals surface area (Å²) in [5.41, 5.74) is 2.73. The van der Waals surface area contributed by atoms with Gasteiger partial charge in [-0.3, -0.25) is 4.90 Å². The number of hydrogen-bond acceptors (Lipinski definition) is 3. The van der Waals surface area contributed by atoms with Gasteiger partial charge in [-0.05, 0) is 23.5 Å². The Morgan fingerprint density at radius 2 is 1.65 bits per heavy atom. The normalized spacial score (nSPS) is 22.1. The van der Waals surface area contributed by atoms with Crippen LogP contribution < -0.4 is 5.32 Å². The van der Waals surface area contributed by atoms with Crippen LogP contribution in [0.15, 0.2) is 60.7 Å². The molecule has 0 saturated carbocycles. The van der Waals surface area contributed by atoms with Crippen LogP contribution in [0.25, 0.3) is 0 Å². The summed E-state index contributed by atoms with van der Waals surface area (Å²) < 4.78 is 0. The van der Waals surface area contributed by atoms with Gasteiger partial charge in [0.05, 0.1) is 6.61 Å². The number of nitrogens with zero attached hydrogens (tertiary/aromatic N) is 1. The van der Waals surface area contributed by atoms with E-state index in [2.05, 4.69) is 70.9 Å². The first kappa shape index (κ1) is 16.2. The third-order valence-corrected chi connectivity index (χ3v) is 4.65. The molecule has 0 aliphatic carbocycles. The molecule has 2 unspecified atom stereocenters. The molecule has 2 aromatic carbocycles. The second-order valence-electron chi connectivity index (χ2n) is 6.39. The van der Waals surface area contributed by atoms with Crippen molar-refractivity contribution in [2.75, 3.05) is 26.2 Å². The second-order valence-corrected chi connectivity index (χ2v) is 6.39. The molecule has 2 N–H and O–H groups in total. The summed E-state index contributed by atoms with van der Waals surface area (Å²) in [5.74, 6) is 0.532. The fourth-order valence-electron chi connectivity index (χ4n) is 3.49. The molecule has 1 saturated heterocycles. The lowest BCUT2D eigenvalue weighted by Crippen LogP contribution is -2.49. The van der Waals surface area contributed by atoms with Crippen molar-refractivity contribution in [3.63, 3.8) is 0 Å². The largest absolute Gasteiger partial charge is 0.395 e. The van der Waals surface area contributed by atoms with Crippen LogP contribution in [0.4, 0.5) is 0 Å². The molecule has 3 rings (SSSR count). The molecule has 2 aromatic rings. The molecular weight excluding hydrogens is 284 g/mol. The number of piperidine rings is 1. The molecular formula is C20H26N2O. The smallest absolute Gasteiger partial charge is 0.0558 e. The minimum Gasteiger partial charge on any atom is -0.395 e. The van der Waals surface area contributed by atoms with Gasteiger partial charge in [-0.1, -0.05) is 60.7 Å². The summed E-state index contributed by atoms with van der Waals surface area (Å²) in [6.07, 6.45) is 1.15. The van der Waals surface area contributed by atoms with E-state index < -0.39 is 0 Å². The Kier molecular flexibility index (Phi) is 5.81. The van der Waals surface area contributed by atoms with Gasteiger partial charge in [-0.25, -0.2) is 0 Å². The SMILES string of the molecule is OCCN1CC(NCc2ccccc2)CC(c2ccccc2)C1. The lowest BCUT2D eigenvalue weighted by molar-refractivity contribution is 0.138. The predicted octanol–water partition coefficient (Wildman–Crippen LogP) is 2.63. The van der Waals surface area contributed by atoms with Crippen LogP contribution in [0.5, 0.6) is 0 Å². The highest BCUT2D eigenvalue weighted by Gasteiger charge is 2.27. The molecule has 0 radical (unpaired) electrons. The summed E-state index contributed by atoms with van der Waals surface area (Å²) >= 11 is 0. The van der Waals surface area contributed by atoms with Crippen molar-refractivity contribution in [3.05, 3.63) is 71.8 Å². The average Bonchev–Trinajstić information content (AvgIpc) is 2.62. The van der Waals surface area contributed by atoms with E-state index in [9.17, 15) is 5.11 Å². The number of aliphatic hydroxyl groups excluding tert-OH is 1. The summed E-state index contributed by atoms with van der Waals surface area (Å²) in [6, 6.07) is 21.8. The maximum Gasteiger partial charge on any atom is 0.0558 e. The van der Waals surface area contributed by atoms with Crippen LogP contribution >= 0.6 is 0 Å². The van der Waals surface area contributed by atoms with E-state index in [1.54, 1.807) is 0 Å². The molecule has 122 valence electrons. The Labute approximate surface area is 139 Å². The molecule has 0 spiro atoms. The van der Waals surface area contributed by atoms with Gasteiger partial charge in [0.1, 0.15) is 0 Å². The number of hydrogen-bond donors (Lipinski definition) is 2. The number of β-amino-alcohol motifs (C(OH)–C–C–N with tert-alkyl or cyclic N) is 1.